The Kier molecular flexibility index (Phi) is 5.46. The van der Waals surface area contributed by atoms with Crippen molar-refractivity contribution in [1.29, 1.82) is 0 Å². The van der Waals surface area contributed by atoms with Gasteiger partial charge in [0.05, 0.1) is 17.4 Å². The molecule has 1 aromatic carbocycles. The summed E-state index contributed by atoms with van der Waals surface area (Å²) in [5.74, 6) is 1.92. The van der Waals surface area contributed by atoms with Crippen LogP contribution in [0.2, 0.25) is 0 Å². The number of rotatable bonds is 5. The largest absolute Gasteiger partial charge is 0.454 e. The van der Waals surface area contributed by atoms with Crippen LogP contribution >= 0.6 is 0 Å². The molecule has 0 spiro atoms. The fourth-order valence-electron chi connectivity index (χ4n) is 3.49. The van der Waals surface area contributed by atoms with Gasteiger partial charge in [0, 0.05) is 13.1 Å². The number of carbonyl (C=O) groups is 1. The summed E-state index contributed by atoms with van der Waals surface area (Å²) in [7, 11) is -3.02. The lowest BCUT2D eigenvalue weighted by Crippen LogP contribution is -2.41. The van der Waals surface area contributed by atoms with E-state index in [1.165, 1.54) is 0 Å². The van der Waals surface area contributed by atoms with E-state index in [4.69, 9.17) is 9.47 Å². The third kappa shape index (κ3) is 3.98. The van der Waals surface area contributed by atoms with Gasteiger partial charge in [0.2, 0.25) is 12.7 Å². The molecule has 7 heteroatoms. The van der Waals surface area contributed by atoms with E-state index in [-0.39, 0.29) is 29.6 Å². The topological polar surface area (TPSA) is 72.9 Å². The van der Waals surface area contributed by atoms with Gasteiger partial charge in [-0.15, -0.1) is 0 Å². The highest BCUT2D eigenvalue weighted by molar-refractivity contribution is 7.91. The van der Waals surface area contributed by atoms with E-state index in [9.17, 15) is 13.2 Å². The van der Waals surface area contributed by atoms with E-state index in [2.05, 4.69) is 0 Å². The fraction of sp³-hybridized carbons (Fsp3) is 0.632. The number of likely N-dealkylation sites (tertiary alicyclic amines) is 1. The van der Waals surface area contributed by atoms with Crippen LogP contribution in [0.25, 0.3) is 0 Å². The Morgan fingerprint density at radius 2 is 1.92 bits per heavy atom. The Labute approximate surface area is 155 Å². The van der Waals surface area contributed by atoms with Gasteiger partial charge >= 0.3 is 0 Å². The van der Waals surface area contributed by atoms with Crippen molar-refractivity contribution in [2.24, 2.45) is 5.92 Å². The first-order chi connectivity index (χ1) is 12.3. The number of hydrogen-bond acceptors (Lipinski definition) is 5. The average Bonchev–Trinajstić information content (AvgIpc) is 3.07. The Hall–Kier alpha value is -1.76. The molecule has 0 saturated carbocycles. The molecule has 1 fully saturated rings. The van der Waals surface area contributed by atoms with Crippen molar-refractivity contribution in [1.82, 2.24) is 4.90 Å². The molecule has 2 aliphatic heterocycles. The SMILES string of the molecule is Cc1c(CC(=O)N2CCC(CS(=O)(=O)C(C)C)CC2)ccc2c1OCO2. The minimum Gasteiger partial charge on any atom is -0.454 e. The molecule has 3 rings (SSSR count). The van der Waals surface area contributed by atoms with Crippen LogP contribution in [-0.4, -0.2) is 50.1 Å². The number of ether oxygens (including phenoxy) is 2. The van der Waals surface area contributed by atoms with Crippen LogP contribution < -0.4 is 9.47 Å². The van der Waals surface area contributed by atoms with Crippen LogP contribution in [0, 0.1) is 12.8 Å². The minimum absolute atomic E-state index is 0.0807. The van der Waals surface area contributed by atoms with Gasteiger partial charge < -0.3 is 14.4 Å². The lowest BCUT2D eigenvalue weighted by Gasteiger charge is -2.32. The van der Waals surface area contributed by atoms with Gasteiger partial charge in [-0.3, -0.25) is 4.79 Å². The van der Waals surface area contributed by atoms with Crippen molar-refractivity contribution >= 4 is 15.7 Å². The standard InChI is InChI=1S/C19H27NO5S/c1-13(2)26(22,23)11-15-6-8-20(9-7-15)18(21)10-16-4-5-17-19(14(16)3)25-12-24-17/h4-5,13,15H,6-12H2,1-3H3. The molecule has 0 bridgehead atoms. The molecule has 1 aromatic rings. The molecule has 0 atom stereocenters. The van der Waals surface area contributed by atoms with E-state index < -0.39 is 9.84 Å². The fourth-order valence-corrected chi connectivity index (χ4v) is 4.86. The van der Waals surface area contributed by atoms with Crippen molar-refractivity contribution < 1.29 is 22.7 Å². The van der Waals surface area contributed by atoms with Crippen LogP contribution in [0.15, 0.2) is 12.1 Å². The molecule has 6 nitrogen and oxygen atoms in total. The first-order valence-corrected chi connectivity index (χ1v) is 10.9. The Morgan fingerprint density at radius 1 is 1.23 bits per heavy atom. The summed E-state index contributed by atoms with van der Waals surface area (Å²) in [6.07, 6.45) is 1.83. The van der Waals surface area contributed by atoms with Crippen LogP contribution in [0.3, 0.4) is 0 Å². The van der Waals surface area contributed by atoms with Gasteiger partial charge in [-0.1, -0.05) is 6.07 Å². The molecule has 0 radical (unpaired) electrons. The first-order valence-electron chi connectivity index (χ1n) is 9.15. The first kappa shape index (κ1) is 19.0. The second-order valence-electron chi connectivity index (χ2n) is 7.46. The zero-order valence-corrected chi connectivity index (χ0v) is 16.5. The normalized spacial score (nSPS) is 17.8. The number of sulfone groups is 1. The van der Waals surface area contributed by atoms with E-state index in [1.807, 2.05) is 24.0 Å². The number of hydrogen-bond donors (Lipinski definition) is 0. The molecule has 0 unspecified atom stereocenters. The van der Waals surface area contributed by atoms with Crippen molar-refractivity contribution in [3.63, 3.8) is 0 Å². The zero-order valence-electron chi connectivity index (χ0n) is 15.7. The Bertz CT molecular complexity index is 779. The van der Waals surface area contributed by atoms with Crippen LogP contribution in [0.5, 0.6) is 11.5 Å². The molecule has 26 heavy (non-hydrogen) atoms. The summed E-state index contributed by atoms with van der Waals surface area (Å²) in [6, 6.07) is 3.77. The van der Waals surface area contributed by atoms with Gasteiger partial charge in [-0.05, 0) is 56.7 Å². The molecule has 0 aliphatic carbocycles. The monoisotopic (exact) mass is 381 g/mol. The lowest BCUT2D eigenvalue weighted by atomic mass is 9.97. The second-order valence-corrected chi connectivity index (χ2v) is 10.1. The molecule has 144 valence electrons. The van der Waals surface area contributed by atoms with E-state index >= 15 is 0 Å². The highest BCUT2D eigenvalue weighted by atomic mass is 32.2. The maximum absolute atomic E-state index is 12.7. The van der Waals surface area contributed by atoms with Crippen molar-refractivity contribution in [3.05, 3.63) is 23.3 Å². The van der Waals surface area contributed by atoms with Crippen molar-refractivity contribution in [2.75, 3.05) is 25.6 Å². The predicted octanol–water partition coefficient (Wildman–Crippen LogP) is 2.33. The molecular weight excluding hydrogens is 354 g/mol. The quantitative estimate of drug-likeness (QED) is 0.783. The average molecular weight is 381 g/mol. The maximum atomic E-state index is 12.7. The summed E-state index contributed by atoms with van der Waals surface area (Å²) in [4.78, 5) is 14.5. The van der Waals surface area contributed by atoms with Crippen LogP contribution in [-0.2, 0) is 21.1 Å². The van der Waals surface area contributed by atoms with Gasteiger partial charge in [0.25, 0.3) is 0 Å². The highest BCUT2D eigenvalue weighted by Gasteiger charge is 2.28. The van der Waals surface area contributed by atoms with Crippen LogP contribution in [0.1, 0.15) is 37.8 Å². The number of carbonyl (C=O) groups excluding carboxylic acids is 1. The number of piperidine rings is 1. The van der Waals surface area contributed by atoms with E-state index in [0.717, 1.165) is 35.5 Å². The van der Waals surface area contributed by atoms with Crippen molar-refractivity contribution in [2.45, 2.75) is 45.3 Å². The third-order valence-corrected chi connectivity index (χ3v) is 7.77. The Balaban J connectivity index is 1.56. The van der Waals surface area contributed by atoms with Crippen molar-refractivity contribution in [3.8, 4) is 11.5 Å². The zero-order chi connectivity index (χ0) is 18.9. The number of nitrogens with zero attached hydrogens (tertiary/aromatic N) is 1. The number of fused-ring (bicyclic) bond motifs is 1. The summed E-state index contributed by atoms with van der Waals surface area (Å²) in [5, 5.41) is -0.337. The summed E-state index contributed by atoms with van der Waals surface area (Å²) >= 11 is 0. The summed E-state index contributed by atoms with van der Waals surface area (Å²) < 4.78 is 35.0. The smallest absolute Gasteiger partial charge is 0.231 e. The lowest BCUT2D eigenvalue weighted by molar-refractivity contribution is -0.131. The third-order valence-electron chi connectivity index (χ3n) is 5.39. The summed E-state index contributed by atoms with van der Waals surface area (Å²) in [6.45, 7) is 6.87. The molecular formula is C19H27NO5S. The maximum Gasteiger partial charge on any atom is 0.231 e. The minimum atomic E-state index is -3.02. The predicted molar refractivity (Wildman–Crippen MR) is 99.2 cm³/mol. The molecule has 0 aromatic heterocycles. The second kappa shape index (κ2) is 7.47. The molecule has 1 amide bonds. The number of benzene rings is 1. The van der Waals surface area contributed by atoms with Gasteiger partial charge in [-0.25, -0.2) is 8.42 Å². The molecule has 2 heterocycles. The highest BCUT2D eigenvalue weighted by Crippen LogP contribution is 2.37. The number of amides is 1. The van der Waals surface area contributed by atoms with Gasteiger partial charge in [0.1, 0.15) is 0 Å². The van der Waals surface area contributed by atoms with E-state index in [0.29, 0.717) is 19.5 Å². The molecule has 2 aliphatic rings. The Morgan fingerprint density at radius 3 is 2.58 bits per heavy atom. The van der Waals surface area contributed by atoms with Crippen LogP contribution in [0.4, 0.5) is 0 Å². The summed E-state index contributed by atoms with van der Waals surface area (Å²) in [5.41, 5.74) is 1.90. The van der Waals surface area contributed by atoms with Gasteiger partial charge in [-0.2, -0.15) is 0 Å². The van der Waals surface area contributed by atoms with Gasteiger partial charge in [0.15, 0.2) is 21.3 Å². The molecule has 0 N–H and O–H groups in total. The molecule has 1 saturated heterocycles. The van der Waals surface area contributed by atoms with E-state index in [1.54, 1.807) is 13.8 Å².